The highest BCUT2D eigenvalue weighted by molar-refractivity contribution is 7.15. The lowest BCUT2D eigenvalue weighted by Gasteiger charge is -2.13. The van der Waals surface area contributed by atoms with E-state index in [1.807, 2.05) is 37.4 Å². The molecule has 1 aliphatic rings. The number of carbonyl (C=O) groups is 1. The minimum atomic E-state index is -0.468. The van der Waals surface area contributed by atoms with E-state index in [2.05, 4.69) is 45.0 Å². The van der Waals surface area contributed by atoms with Crippen molar-refractivity contribution in [1.82, 2.24) is 25.1 Å². The summed E-state index contributed by atoms with van der Waals surface area (Å²) in [5.41, 5.74) is 12.1. The third-order valence-corrected chi connectivity index (χ3v) is 8.60. The number of fused-ring (bicyclic) bond motifs is 3. The van der Waals surface area contributed by atoms with Crippen LogP contribution < -0.4 is 11.1 Å². The zero-order valence-electron chi connectivity index (χ0n) is 22.6. The lowest BCUT2D eigenvalue weighted by Crippen LogP contribution is -2.26. The number of nitrogens with zero attached hydrogens (tertiary/aromatic N) is 4. The van der Waals surface area contributed by atoms with Gasteiger partial charge in [0.2, 0.25) is 5.91 Å². The maximum absolute atomic E-state index is 13.1. The zero-order chi connectivity index (χ0) is 27.5. The van der Waals surface area contributed by atoms with Gasteiger partial charge in [-0.2, -0.15) is 0 Å². The van der Waals surface area contributed by atoms with Crippen molar-refractivity contribution in [2.75, 3.05) is 13.1 Å². The summed E-state index contributed by atoms with van der Waals surface area (Å²) in [5, 5.41) is 13.6. The number of aliphatic imine (C=N–C) groups is 1. The smallest absolute Gasteiger partial charge is 0.222 e. The van der Waals surface area contributed by atoms with Crippen molar-refractivity contribution in [3.05, 3.63) is 86.0 Å². The van der Waals surface area contributed by atoms with Gasteiger partial charge in [0.05, 0.1) is 12.1 Å². The van der Waals surface area contributed by atoms with Crippen LogP contribution in [0.1, 0.15) is 69.8 Å². The predicted molar refractivity (Wildman–Crippen MR) is 157 cm³/mol. The summed E-state index contributed by atoms with van der Waals surface area (Å²) in [6.07, 6.45) is 5.92. The van der Waals surface area contributed by atoms with E-state index in [0.717, 1.165) is 53.3 Å². The van der Waals surface area contributed by atoms with E-state index in [4.69, 9.17) is 22.3 Å². The molecule has 4 N–H and O–H groups in total. The van der Waals surface area contributed by atoms with Crippen LogP contribution in [-0.4, -0.2) is 44.5 Å². The second-order valence-electron chi connectivity index (χ2n) is 9.99. The molecule has 0 saturated heterocycles. The van der Waals surface area contributed by atoms with Crippen LogP contribution in [0.3, 0.4) is 0 Å². The summed E-state index contributed by atoms with van der Waals surface area (Å²) in [4.78, 5) is 22.8. The van der Waals surface area contributed by atoms with E-state index in [0.29, 0.717) is 23.9 Å². The highest BCUT2D eigenvalue weighted by Crippen LogP contribution is 2.39. The molecule has 39 heavy (non-hydrogen) atoms. The molecule has 0 unspecified atom stereocenters. The Bertz CT molecular complexity index is 1500. The molecular weight excluding hydrogens is 530 g/mol. The van der Waals surface area contributed by atoms with E-state index in [9.17, 15) is 4.79 Å². The fourth-order valence-corrected chi connectivity index (χ4v) is 6.31. The SMILES string of the molecule is Cc1sc2c(c1C)C(c1ccc(Cl)cc1)=N[C@@H](CC(=O)NCCCc1cc(CCCN)c[nH]1)c1nnc(C)n1-2. The minimum Gasteiger partial charge on any atom is -0.365 e. The number of benzene rings is 1. The van der Waals surface area contributed by atoms with Crippen LogP contribution >= 0.6 is 22.9 Å². The Morgan fingerprint density at radius 2 is 1.95 bits per heavy atom. The number of nitrogens with two attached hydrogens (primary N) is 1. The molecule has 8 nitrogen and oxygen atoms in total. The third-order valence-electron chi connectivity index (χ3n) is 7.15. The summed E-state index contributed by atoms with van der Waals surface area (Å²) in [7, 11) is 0. The van der Waals surface area contributed by atoms with Crippen LogP contribution in [0.15, 0.2) is 41.5 Å². The van der Waals surface area contributed by atoms with Gasteiger partial charge in [-0.3, -0.25) is 14.4 Å². The normalized spacial score (nSPS) is 14.5. The lowest BCUT2D eigenvalue weighted by molar-refractivity contribution is -0.121. The molecule has 1 aromatic carbocycles. The Kier molecular flexibility index (Phi) is 8.30. The summed E-state index contributed by atoms with van der Waals surface area (Å²) in [5.74, 6) is 1.41. The molecule has 204 valence electrons. The monoisotopic (exact) mass is 563 g/mol. The molecule has 0 radical (unpaired) electrons. The van der Waals surface area contributed by atoms with Gasteiger partial charge in [0.1, 0.15) is 16.9 Å². The number of rotatable bonds is 10. The van der Waals surface area contributed by atoms with Gasteiger partial charge >= 0.3 is 0 Å². The quantitative estimate of drug-likeness (QED) is 0.231. The fraction of sp³-hybridized carbons (Fsp3) is 0.379. The number of hydrogen-bond donors (Lipinski definition) is 3. The number of aryl methyl sites for hydroxylation is 4. The van der Waals surface area contributed by atoms with E-state index < -0.39 is 6.04 Å². The molecule has 0 saturated carbocycles. The number of nitrogens with one attached hydrogen (secondary N) is 2. The predicted octanol–water partition coefficient (Wildman–Crippen LogP) is 5.16. The molecule has 5 rings (SSSR count). The Hall–Kier alpha value is -3.27. The molecule has 10 heteroatoms. The highest BCUT2D eigenvalue weighted by atomic mass is 35.5. The first kappa shape index (κ1) is 27.3. The molecule has 4 heterocycles. The molecule has 4 aromatic rings. The van der Waals surface area contributed by atoms with Crippen LogP contribution in [0, 0.1) is 20.8 Å². The molecule has 1 atom stereocenters. The molecule has 0 spiro atoms. The van der Waals surface area contributed by atoms with Gasteiger partial charge in [0.15, 0.2) is 5.82 Å². The van der Waals surface area contributed by atoms with E-state index in [-0.39, 0.29) is 12.3 Å². The first-order chi connectivity index (χ1) is 18.9. The number of halogens is 1. The minimum absolute atomic E-state index is 0.0558. The Labute approximate surface area is 237 Å². The maximum atomic E-state index is 13.1. The maximum Gasteiger partial charge on any atom is 0.222 e. The second kappa shape index (κ2) is 11.9. The van der Waals surface area contributed by atoms with E-state index >= 15 is 0 Å². The van der Waals surface area contributed by atoms with Gasteiger partial charge in [-0.1, -0.05) is 23.7 Å². The number of H-pyrrole nitrogens is 1. The van der Waals surface area contributed by atoms with E-state index in [1.165, 1.54) is 21.7 Å². The molecule has 0 aliphatic carbocycles. The second-order valence-corrected chi connectivity index (χ2v) is 11.6. The van der Waals surface area contributed by atoms with Crippen molar-refractivity contribution in [1.29, 1.82) is 0 Å². The van der Waals surface area contributed by atoms with Crippen LogP contribution in [0.25, 0.3) is 5.00 Å². The van der Waals surface area contributed by atoms with Crippen molar-refractivity contribution in [3.8, 4) is 5.00 Å². The highest BCUT2D eigenvalue weighted by Gasteiger charge is 2.32. The first-order valence-electron chi connectivity index (χ1n) is 13.3. The van der Waals surface area contributed by atoms with Crippen molar-refractivity contribution in [3.63, 3.8) is 0 Å². The van der Waals surface area contributed by atoms with Crippen molar-refractivity contribution >= 4 is 34.6 Å². The Morgan fingerprint density at radius 1 is 1.15 bits per heavy atom. The first-order valence-corrected chi connectivity index (χ1v) is 14.5. The number of thiophene rings is 1. The van der Waals surface area contributed by atoms with Crippen molar-refractivity contribution < 1.29 is 4.79 Å². The molecule has 0 fully saturated rings. The molecule has 3 aromatic heterocycles. The molecule has 0 bridgehead atoms. The standard InChI is InChI=1S/C29H34ClN7OS/c1-17-18(2)39-29-26(17)27(21-8-10-22(30)11-9-21)34-24(28-36-35-19(3)37(28)29)15-25(38)32-13-5-7-23-14-20(16-33-23)6-4-12-31/h8-11,14,16,24,33H,4-7,12-13,15,31H2,1-3H3,(H,32,38)/t24-/m0/s1. The van der Waals surface area contributed by atoms with Gasteiger partial charge in [-0.25, -0.2) is 0 Å². The Balaban J connectivity index is 1.34. The fourth-order valence-electron chi connectivity index (χ4n) is 4.97. The summed E-state index contributed by atoms with van der Waals surface area (Å²) in [6.45, 7) is 7.47. The van der Waals surface area contributed by atoms with Gasteiger partial charge in [-0.05, 0) is 82.3 Å². The number of carbonyl (C=O) groups excluding carboxylic acids is 1. The third kappa shape index (κ3) is 5.85. The summed E-state index contributed by atoms with van der Waals surface area (Å²) >= 11 is 7.89. The van der Waals surface area contributed by atoms with Crippen LogP contribution in [-0.2, 0) is 17.6 Å². The summed E-state index contributed by atoms with van der Waals surface area (Å²) < 4.78 is 2.07. The zero-order valence-corrected chi connectivity index (χ0v) is 24.1. The molecule has 1 amide bonds. The summed E-state index contributed by atoms with van der Waals surface area (Å²) in [6, 6.07) is 9.43. The van der Waals surface area contributed by atoms with Crippen LogP contribution in [0.4, 0.5) is 0 Å². The number of hydrogen-bond acceptors (Lipinski definition) is 6. The van der Waals surface area contributed by atoms with Crippen LogP contribution in [0.2, 0.25) is 5.02 Å². The number of aromatic amines is 1. The van der Waals surface area contributed by atoms with Crippen molar-refractivity contribution in [2.45, 2.75) is 58.9 Å². The topological polar surface area (TPSA) is 114 Å². The Morgan fingerprint density at radius 3 is 2.72 bits per heavy atom. The van der Waals surface area contributed by atoms with Gasteiger partial charge < -0.3 is 16.0 Å². The van der Waals surface area contributed by atoms with Gasteiger partial charge in [0.25, 0.3) is 0 Å². The van der Waals surface area contributed by atoms with Crippen molar-refractivity contribution in [2.24, 2.45) is 10.7 Å². The lowest BCUT2D eigenvalue weighted by atomic mass is 9.99. The number of amides is 1. The largest absolute Gasteiger partial charge is 0.365 e. The molecular formula is C29H34ClN7OS. The van der Waals surface area contributed by atoms with Gasteiger partial charge in [0, 0.05) is 39.5 Å². The van der Waals surface area contributed by atoms with E-state index in [1.54, 1.807) is 11.3 Å². The average Bonchev–Trinajstić information content (AvgIpc) is 3.59. The van der Waals surface area contributed by atoms with Gasteiger partial charge in [-0.15, -0.1) is 21.5 Å². The van der Waals surface area contributed by atoms with Crippen LogP contribution in [0.5, 0.6) is 0 Å². The number of aromatic nitrogens is 4. The average molecular weight is 564 g/mol. The molecule has 1 aliphatic heterocycles.